The fraction of sp³-hybridized carbons (Fsp3) is 0.0625. The Bertz CT molecular complexity index is 732. The molecule has 2 aromatic heterocycles. The Labute approximate surface area is 122 Å². The van der Waals surface area contributed by atoms with Crippen molar-refractivity contribution in [3.63, 3.8) is 0 Å². The molecule has 3 rings (SSSR count). The van der Waals surface area contributed by atoms with Gasteiger partial charge in [0.05, 0.1) is 24.7 Å². The van der Waals surface area contributed by atoms with Crippen LogP contribution < -0.4 is 4.74 Å². The normalized spacial score (nSPS) is 10.9. The summed E-state index contributed by atoms with van der Waals surface area (Å²) in [7, 11) is 1.65. The molecule has 0 aliphatic heterocycles. The van der Waals surface area contributed by atoms with Gasteiger partial charge in [-0.2, -0.15) is 5.10 Å². The number of ether oxygens (including phenoxy) is 1. The van der Waals surface area contributed by atoms with Crippen molar-refractivity contribution in [2.45, 2.75) is 0 Å². The van der Waals surface area contributed by atoms with Gasteiger partial charge in [0, 0.05) is 17.3 Å². The van der Waals surface area contributed by atoms with Crippen LogP contribution in [0, 0.1) is 0 Å². The standard InChI is InChI=1S/C16H14N4O/c1-21-15-6-3-12(4-7-15)16-13(10-19-20-16)2-5-14-8-9-17-11-18-14/h2-11H,1H3,(H,19,20)/b5-2+. The van der Waals surface area contributed by atoms with Crippen LogP contribution in [0.4, 0.5) is 0 Å². The molecule has 0 aliphatic rings. The first-order valence-corrected chi connectivity index (χ1v) is 6.49. The molecule has 1 N–H and O–H groups in total. The molecular weight excluding hydrogens is 264 g/mol. The van der Waals surface area contributed by atoms with Gasteiger partial charge in [0.1, 0.15) is 12.1 Å². The van der Waals surface area contributed by atoms with Crippen LogP contribution in [0.15, 0.2) is 49.1 Å². The average molecular weight is 278 g/mol. The highest BCUT2D eigenvalue weighted by Crippen LogP contribution is 2.24. The molecule has 0 unspecified atom stereocenters. The van der Waals surface area contributed by atoms with Crippen molar-refractivity contribution in [1.82, 2.24) is 20.2 Å². The first-order chi connectivity index (χ1) is 10.4. The number of hydrogen-bond acceptors (Lipinski definition) is 4. The lowest BCUT2D eigenvalue weighted by Crippen LogP contribution is -1.84. The number of benzene rings is 1. The van der Waals surface area contributed by atoms with Gasteiger partial charge in [0.25, 0.3) is 0 Å². The molecular formula is C16H14N4O. The second kappa shape index (κ2) is 6.00. The van der Waals surface area contributed by atoms with E-state index in [9.17, 15) is 0 Å². The van der Waals surface area contributed by atoms with E-state index < -0.39 is 0 Å². The Morgan fingerprint density at radius 1 is 1.10 bits per heavy atom. The zero-order chi connectivity index (χ0) is 14.5. The number of nitrogens with one attached hydrogen (secondary N) is 1. The van der Waals surface area contributed by atoms with Crippen molar-refractivity contribution in [1.29, 1.82) is 0 Å². The van der Waals surface area contributed by atoms with Crippen LogP contribution in [0.2, 0.25) is 0 Å². The van der Waals surface area contributed by atoms with E-state index in [2.05, 4.69) is 20.2 Å². The summed E-state index contributed by atoms with van der Waals surface area (Å²) >= 11 is 0. The molecule has 21 heavy (non-hydrogen) atoms. The molecule has 0 amide bonds. The molecule has 3 aromatic rings. The van der Waals surface area contributed by atoms with Crippen molar-refractivity contribution in [2.75, 3.05) is 7.11 Å². The summed E-state index contributed by atoms with van der Waals surface area (Å²) in [5, 5.41) is 7.13. The van der Waals surface area contributed by atoms with E-state index >= 15 is 0 Å². The van der Waals surface area contributed by atoms with Gasteiger partial charge in [-0.15, -0.1) is 0 Å². The number of aromatic amines is 1. The van der Waals surface area contributed by atoms with Crippen molar-refractivity contribution < 1.29 is 4.74 Å². The lowest BCUT2D eigenvalue weighted by molar-refractivity contribution is 0.415. The maximum atomic E-state index is 5.17. The predicted octanol–water partition coefficient (Wildman–Crippen LogP) is 3.05. The number of rotatable bonds is 4. The third-order valence-electron chi connectivity index (χ3n) is 3.09. The number of H-pyrrole nitrogens is 1. The highest BCUT2D eigenvalue weighted by Gasteiger charge is 2.05. The van der Waals surface area contributed by atoms with Crippen molar-refractivity contribution in [3.8, 4) is 17.0 Å². The summed E-state index contributed by atoms with van der Waals surface area (Å²) in [6.45, 7) is 0. The van der Waals surface area contributed by atoms with Crippen molar-refractivity contribution in [3.05, 3.63) is 60.3 Å². The van der Waals surface area contributed by atoms with E-state index in [0.717, 1.165) is 28.3 Å². The molecule has 0 saturated carbocycles. The highest BCUT2D eigenvalue weighted by atomic mass is 16.5. The Kier molecular flexibility index (Phi) is 3.73. The first kappa shape index (κ1) is 13.1. The number of aromatic nitrogens is 4. The molecule has 0 aliphatic carbocycles. The van der Waals surface area contributed by atoms with Gasteiger partial charge in [-0.1, -0.05) is 0 Å². The van der Waals surface area contributed by atoms with E-state index in [1.807, 2.05) is 42.5 Å². The van der Waals surface area contributed by atoms with E-state index in [0.29, 0.717) is 0 Å². The largest absolute Gasteiger partial charge is 0.497 e. The fourth-order valence-electron chi connectivity index (χ4n) is 1.99. The molecule has 0 fully saturated rings. The molecule has 5 heteroatoms. The van der Waals surface area contributed by atoms with E-state index in [1.54, 1.807) is 19.5 Å². The summed E-state index contributed by atoms with van der Waals surface area (Å²) in [5.74, 6) is 0.830. The smallest absolute Gasteiger partial charge is 0.118 e. The fourth-order valence-corrected chi connectivity index (χ4v) is 1.99. The molecule has 5 nitrogen and oxygen atoms in total. The Hall–Kier alpha value is -2.95. The molecule has 2 heterocycles. The minimum absolute atomic E-state index is 0.830. The zero-order valence-corrected chi connectivity index (χ0v) is 11.5. The van der Waals surface area contributed by atoms with Gasteiger partial charge in [0.2, 0.25) is 0 Å². The quantitative estimate of drug-likeness (QED) is 0.796. The third kappa shape index (κ3) is 2.97. The summed E-state index contributed by atoms with van der Waals surface area (Å²) in [6, 6.07) is 9.69. The lowest BCUT2D eigenvalue weighted by atomic mass is 10.1. The van der Waals surface area contributed by atoms with Crippen LogP contribution in [0.1, 0.15) is 11.3 Å². The van der Waals surface area contributed by atoms with Gasteiger partial charge >= 0.3 is 0 Å². The summed E-state index contributed by atoms with van der Waals surface area (Å²) < 4.78 is 5.17. The number of hydrogen-bond donors (Lipinski definition) is 1. The number of nitrogens with zero attached hydrogens (tertiary/aromatic N) is 3. The molecule has 0 spiro atoms. The molecule has 0 radical (unpaired) electrons. The van der Waals surface area contributed by atoms with Gasteiger partial charge in [0.15, 0.2) is 0 Å². The molecule has 0 bridgehead atoms. The Balaban J connectivity index is 1.88. The SMILES string of the molecule is COc1ccc(-c2[nH]ncc2/C=C/c2ccncn2)cc1. The van der Waals surface area contributed by atoms with Gasteiger partial charge in [-0.05, 0) is 42.5 Å². The topological polar surface area (TPSA) is 63.7 Å². The molecule has 1 aromatic carbocycles. The summed E-state index contributed by atoms with van der Waals surface area (Å²) in [6.07, 6.45) is 8.94. The van der Waals surface area contributed by atoms with Crippen molar-refractivity contribution in [2.24, 2.45) is 0 Å². The minimum atomic E-state index is 0.830. The van der Waals surface area contributed by atoms with Crippen molar-refractivity contribution >= 4 is 12.2 Å². The first-order valence-electron chi connectivity index (χ1n) is 6.49. The Morgan fingerprint density at radius 2 is 1.95 bits per heavy atom. The summed E-state index contributed by atoms with van der Waals surface area (Å²) in [5.41, 5.74) is 3.87. The monoisotopic (exact) mass is 278 g/mol. The van der Waals surface area contributed by atoms with Crippen LogP contribution in [-0.2, 0) is 0 Å². The molecule has 0 saturated heterocycles. The van der Waals surface area contributed by atoms with Crippen LogP contribution in [0.25, 0.3) is 23.4 Å². The molecule has 0 atom stereocenters. The number of methoxy groups -OCH3 is 1. The second-order valence-corrected chi connectivity index (χ2v) is 4.40. The maximum Gasteiger partial charge on any atom is 0.118 e. The Morgan fingerprint density at radius 3 is 2.67 bits per heavy atom. The maximum absolute atomic E-state index is 5.17. The minimum Gasteiger partial charge on any atom is -0.497 e. The lowest BCUT2D eigenvalue weighted by Gasteiger charge is -2.02. The van der Waals surface area contributed by atoms with E-state index in [4.69, 9.17) is 4.74 Å². The highest BCUT2D eigenvalue weighted by molar-refractivity contribution is 5.77. The van der Waals surface area contributed by atoms with Gasteiger partial charge in [-0.3, -0.25) is 5.10 Å². The molecule has 104 valence electrons. The predicted molar refractivity (Wildman–Crippen MR) is 81.5 cm³/mol. The van der Waals surface area contributed by atoms with E-state index in [1.165, 1.54) is 6.33 Å². The average Bonchev–Trinajstić information content (AvgIpc) is 3.02. The van der Waals surface area contributed by atoms with Gasteiger partial charge in [-0.25, -0.2) is 9.97 Å². The van der Waals surface area contributed by atoms with Crippen LogP contribution in [0.3, 0.4) is 0 Å². The van der Waals surface area contributed by atoms with Gasteiger partial charge < -0.3 is 4.74 Å². The van der Waals surface area contributed by atoms with Crippen LogP contribution >= 0.6 is 0 Å². The summed E-state index contributed by atoms with van der Waals surface area (Å²) in [4.78, 5) is 8.05. The second-order valence-electron chi connectivity index (χ2n) is 4.40. The van der Waals surface area contributed by atoms with Crippen LogP contribution in [-0.4, -0.2) is 27.3 Å². The zero-order valence-electron chi connectivity index (χ0n) is 11.5. The van der Waals surface area contributed by atoms with E-state index in [-0.39, 0.29) is 0 Å². The van der Waals surface area contributed by atoms with Crippen LogP contribution in [0.5, 0.6) is 5.75 Å². The third-order valence-corrected chi connectivity index (χ3v) is 3.09.